The molecule has 0 spiro atoms. The topological polar surface area (TPSA) is 6.48 Å². The Kier molecular flexibility index (Phi) is 6.14. The van der Waals surface area contributed by atoms with Crippen LogP contribution < -0.4 is 0 Å². The van der Waals surface area contributed by atoms with Crippen molar-refractivity contribution in [3.05, 3.63) is 122 Å². The summed E-state index contributed by atoms with van der Waals surface area (Å²) < 4.78 is 0. The molecule has 0 amide bonds. The first-order valence-electron chi connectivity index (χ1n) is 10.4. The second-order valence-corrected chi connectivity index (χ2v) is 7.59. The fourth-order valence-electron chi connectivity index (χ4n) is 3.80. The Bertz CT molecular complexity index is 932. The molecule has 0 saturated carbocycles. The predicted octanol–water partition coefficient (Wildman–Crippen LogP) is 6.15. The molecule has 0 radical (unpaired) electrons. The van der Waals surface area contributed by atoms with E-state index < -0.39 is 0 Å². The van der Waals surface area contributed by atoms with Crippen LogP contribution in [-0.2, 0) is 0 Å². The van der Waals surface area contributed by atoms with Crippen molar-refractivity contribution in [3.63, 3.8) is 0 Å². The molecule has 150 valence electrons. The van der Waals surface area contributed by atoms with E-state index in [1.54, 1.807) is 0 Å². The number of hydrogen-bond donors (Lipinski definition) is 0. The molecule has 2 nitrogen and oxygen atoms in total. The normalized spacial score (nSPS) is 15.6. The minimum atomic E-state index is 0.884. The molecule has 30 heavy (non-hydrogen) atoms. The molecule has 0 bridgehead atoms. The first kappa shape index (κ1) is 19.8. The van der Waals surface area contributed by atoms with E-state index in [2.05, 4.69) is 108 Å². The molecule has 2 heterocycles. The molecule has 0 aliphatic carbocycles. The summed E-state index contributed by atoms with van der Waals surface area (Å²) in [5, 5.41) is 0. The number of rotatable bonds is 7. The number of allylic oxidation sites excluding steroid dienone is 4. The molecule has 0 N–H and O–H groups in total. The summed E-state index contributed by atoms with van der Waals surface area (Å²) in [6.45, 7) is 11.2. The molecule has 2 aromatic rings. The zero-order valence-corrected chi connectivity index (χ0v) is 17.4. The third-order valence-corrected chi connectivity index (χ3v) is 5.52. The van der Waals surface area contributed by atoms with E-state index in [-0.39, 0.29) is 0 Å². The van der Waals surface area contributed by atoms with E-state index in [1.807, 2.05) is 12.2 Å². The van der Waals surface area contributed by atoms with Crippen molar-refractivity contribution in [2.45, 2.75) is 0 Å². The largest absolute Gasteiger partial charge is 0.370 e. The highest BCUT2D eigenvalue weighted by Crippen LogP contribution is 2.27. The first-order chi connectivity index (χ1) is 14.8. The summed E-state index contributed by atoms with van der Waals surface area (Å²) in [4.78, 5) is 4.47. The Morgan fingerprint density at radius 2 is 0.967 bits per heavy atom. The van der Waals surface area contributed by atoms with Gasteiger partial charge < -0.3 is 9.80 Å². The second kappa shape index (κ2) is 9.32. The molecule has 2 aliphatic rings. The lowest BCUT2D eigenvalue weighted by Gasteiger charge is -2.21. The molecule has 0 saturated heterocycles. The Hall–Kier alpha value is -3.52. The van der Waals surface area contributed by atoms with Crippen LogP contribution in [0.15, 0.2) is 111 Å². The van der Waals surface area contributed by atoms with Crippen LogP contribution in [-0.4, -0.2) is 36.0 Å². The van der Waals surface area contributed by atoms with Crippen molar-refractivity contribution >= 4 is 11.1 Å². The van der Waals surface area contributed by atoms with Gasteiger partial charge in [0.05, 0.1) is 0 Å². The Labute approximate surface area is 180 Å². The summed E-state index contributed by atoms with van der Waals surface area (Å²) in [6.07, 6.45) is 17.1. The summed E-state index contributed by atoms with van der Waals surface area (Å²) in [6, 6.07) is 17.7. The van der Waals surface area contributed by atoms with Gasteiger partial charge in [0.1, 0.15) is 0 Å². The molecular formula is C28H28N2. The molecule has 0 aromatic heterocycles. The molecule has 2 heteroatoms. The standard InChI is InChI=1S/C28H28N2/c1-3-17-29-19-13-27(14-20-29)25-9-5-23(6-10-25)24-7-11-26(12-8-24)28-15-21-30(18-4-2)22-16-28/h3-16,19,21H,1-2,17-18,20,22H2. The van der Waals surface area contributed by atoms with Crippen LogP contribution in [0.5, 0.6) is 0 Å². The number of benzene rings is 2. The van der Waals surface area contributed by atoms with Crippen molar-refractivity contribution in [3.8, 4) is 11.1 Å². The maximum Gasteiger partial charge on any atom is 0.0366 e. The summed E-state index contributed by atoms with van der Waals surface area (Å²) in [5.41, 5.74) is 7.55. The van der Waals surface area contributed by atoms with Gasteiger partial charge in [-0.1, -0.05) is 72.8 Å². The smallest absolute Gasteiger partial charge is 0.0366 e. The quantitative estimate of drug-likeness (QED) is 0.521. The van der Waals surface area contributed by atoms with E-state index in [0.717, 1.165) is 26.2 Å². The van der Waals surface area contributed by atoms with Crippen molar-refractivity contribution in [2.24, 2.45) is 0 Å². The third kappa shape index (κ3) is 4.55. The average molecular weight is 393 g/mol. The van der Waals surface area contributed by atoms with Crippen molar-refractivity contribution in [1.29, 1.82) is 0 Å². The zero-order chi connectivity index (χ0) is 20.8. The number of hydrogen-bond acceptors (Lipinski definition) is 2. The highest BCUT2D eigenvalue weighted by Gasteiger charge is 2.08. The zero-order valence-electron chi connectivity index (χ0n) is 17.4. The van der Waals surface area contributed by atoms with Gasteiger partial charge in [-0.3, -0.25) is 0 Å². The van der Waals surface area contributed by atoms with Crippen molar-refractivity contribution in [1.82, 2.24) is 9.80 Å². The van der Waals surface area contributed by atoms with E-state index >= 15 is 0 Å². The lowest BCUT2D eigenvalue weighted by molar-refractivity contribution is 0.459. The highest BCUT2D eigenvalue weighted by atomic mass is 15.1. The van der Waals surface area contributed by atoms with Gasteiger partial charge in [-0.15, -0.1) is 13.2 Å². The average Bonchev–Trinajstić information content (AvgIpc) is 2.81. The monoisotopic (exact) mass is 392 g/mol. The van der Waals surface area contributed by atoms with Gasteiger partial charge >= 0.3 is 0 Å². The Balaban J connectivity index is 1.43. The van der Waals surface area contributed by atoms with E-state index in [4.69, 9.17) is 0 Å². The molecule has 4 rings (SSSR count). The van der Waals surface area contributed by atoms with Crippen molar-refractivity contribution < 1.29 is 0 Å². The van der Waals surface area contributed by atoms with Gasteiger partial charge in [-0.2, -0.15) is 0 Å². The molecular weight excluding hydrogens is 364 g/mol. The van der Waals surface area contributed by atoms with Gasteiger partial charge in [-0.25, -0.2) is 0 Å². The molecule has 0 fully saturated rings. The van der Waals surface area contributed by atoms with E-state index in [9.17, 15) is 0 Å². The van der Waals surface area contributed by atoms with Gasteiger partial charge in [0, 0.05) is 38.6 Å². The van der Waals surface area contributed by atoms with Crippen LogP contribution in [0.2, 0.25) is 0 Å². The van der Waals surface area contributed by atoms with Gasteiger partial charge in [0.2, 0.25) is 0 Å². The minimum Gasteiger partial charge on any atom is -0.370 e. The predicted molar refractivity (Wildman–Crippen MR) is 130 cm³/mol. The summed E-state index contributed by atoms with van der Waals surface area (Å²) in [5.74, 6) is 0. The van der Waals surface area contributed by atoms with E-state index in [1.165, 1.54) is 33.4 Å². The Morgan fingerprint density at radius 1 is 0.600 bits per heavy atom. The summed E-state index contributed by atoms with van der Waals surface area (Å²) in [7, 11) is 0. The van der Waals surface area contributed by atoms with E-state index in [0.29, 0.717) is 0 Å². The fraction of sp³-hybridized carbons (Fsp3) is 0.143. The molecule has 0 atom stereocenters. The van der Waals surface area contributed by atoms with Crippen LogP contribution in [0.1, 0.15) is 11.1 Å². The lowest BCUT2D eigenvalue weighted by Crippen LogP contribution is -2.19. The number of nitrogens with zero attached hydrogens (tertiary/aromatic N) is 2. The Morgan fingerprint density at radius 3 is 1.27 bits per heavy atom. The maximum atomic E-state index is 3.80. The SMILES string of the molecule is C=CCN1C=CC(c2ccc(-c3ccc(C4=CCN(CC=C)C=C4)cc3)cc2)=CC1. The molecule has 0 unspecified atom stereocenters. The van der Waals surface area contributed by atoms with Crippen molar-refractivity contribution in [2.75, 3.05) is 26.2 Å². The third-order valence-electron chi connectivity index (χ3n) is 5.52. The van der Waals surface area contributed by atoms with Gasteiger partial charge in [0.15, 0.2) is 0 Å². The van der Waals surface area contributed by atoms with Crippen LogP contribution in [0.25, 0.3) is 22.3 Å². The van der Waals surface area contributed by atoms with Crippen LogP contribution in [0.3, 0.4) is 0 Å². The molecule has 2 aliphatic heterocycles. The fourth-order valence-corrected chi connectivity index (χ4v) is 3.80. The minimum absolute atomic E-state index is 0.884. The lowest BCUT2D eigenvalue weighted by atomic mass is 9.97. The summed E-state index contributed by atoms with van der Waals surface area (Å²) >= 11 is 0. The highest BCUT2D eigenvalue weighted by molar-refractivity contribution is 5.79. The van der Waals surface area contributed by atoms with Crippen LogP contribution in [0, 0.1) is 0 Å². The van der Waals surface area contributed by atoms with Gasteiger partial charge in [-0.05, 0) is 45.6 Å². The van der Waals surface area contributed by atoms with Crippen LogP contribution >= 0.6 is 0 Å². The second-order valence-electron chi connectivity index (χ2n) is 7.59. The maximum absolute atomic E-state index is 3.80. The van der Waals surface area contributed by atoms with Crippen LogP contribution in [0.4, 0.5) is 0 Å². The first-order valence-corrected chi connectivity index (χ1v) is 10.4. The van der Waals surface area contributed by atoms with Gasteiger partial charge in [0.25, 0.3) is 0 Å². The molecule has 2 aromatic carbocycles.